The van der Waals surface area contributed by atoms with Gasteiger partial charge >= 0.3 is 0 Å². The summed E-state index contributed by atoms with van der Waals surface area (Å²) in [5.74, 6) is 2.91. The highest BCUT2D eigenvalue weighted by atomic mass is 14.9. The Morgan fingerprint density at radius 1 is 0.944 bits per heavy atom. The summed E-state index contributed by atoms with van der Waals surface area (Å²) < 4.78 is 0. The lowest BCUT2D eigenvalue weighted by Gasteiger charge is -2.45. The van der Waals surface area contributed by atoms with Gasteiger partial charge in [-0.1, -0.05) is 13.3 Å². The van der Waals surface area contributed by atoms with E-state index in [0.29, 0.717) is 0 Å². The third-order valence-corrected chi connectivity index (χ3v) is 5.60. The first-order chi connectivity index (χ1) is 8.83. The zero-order valence-corrected chi connectivity index (χ0v) is 12.0. The van der Waals surface area contributed by atoms with Gasteiger partial charge in [-0.05, 0) is 75.8 Å². The molecule has 3 aliphatic rings. The van der Waals surface area contributed by atoms with Gasteiger partial charge in [0.25, 0.3) is 0 Å². The first-order valence-electron chi connectivity index (χ1n) is 8.29. The summed E-state index contributed by atoms with van der Waals surface area (Å²) >= 11 is 0. The lowest BCUT2D eigenvalue weighted by molar-refractivity contribution is 0.0890. The van der Waals surface area contributed by atoms with Crippen LogP contribution in [-0.4, -0.2) is 25.2 Å². The first kappa shape index (κ1) is 12.9. The lowest BCUT2D eigenvalue weighted by atomic mass is 9.66. The molecule has 2 heteroatoms. The smallest absolute Gasteiger partial charge is 0.0100 e. The maximum absolute atomic E-state index is 3.80. The van der Waals surface area contributed by atoms with Crippen molar-refractivity contribution in [3.63, 3.8) is 0 Å². The van der Waals surface area contributed by atoms with Crippen molar-refractivity contribution in [3.05, 3.63) is 0 Å². The van der Waals surface area contributed by atoms with Gasteiger partial charge in [0, 0.05) is 12.1 Å². The molecule has 0 aromatic carbocycles. The summed E-state index contributed by atoms with van der Waals surface area (Å²) in [7, 11) is 0. The second-order valence-corrected chi connectivity index (χ2v) is 7.09. The van der Waals surface area contributed by atoms with Crippen LogP contribution in [0, 0.1) is 17.8 Å². The summed E-state index contributed by atoms with van der Waals surface area (Å²) in [5.41, 5.74) is 0. The van der Waals surface area contributed by atoms with Crippen molar-refractivity contribution < 1.29 is 0 Å². The minimum atomic E-state index is 0.830. The van der Waals surface area contributed by atoms with Crippen LogP contribution in [0.4, 0.5) is 0 Å². The maximum Gasteiger partial charge on any atom is 0.0100 e. The van der Waals surface area contributed by atoms with Gasteiger partial charge in [-0.2, -0.15) is 0 Å². The van der Waals surface area contributed by atoms with E-state index in [1.807, 2.05) is 0 Å². The SMILES string of the molecule is C[C@@H]1C[C@@H](C[C@H]2CCCCN2)[C@H]2CCCN[C@@H]2C1. The third kappa shape index (κ3) is 2.91. The third-order valence-electron chi connectivity index (χ3n) is 5.60. The van der Waals surface area contributed by atoms with E-state index in [9.17, 15) is 0 Å². The van der Waals surface area contributed by atoms with Crippen LogP contribution in [0.5, 0.6) is 0 Å². The summed E-state index contributed by atoms with van der Waals surface area (Å²) in [6.45, 7) is 5.00. The molecule has 104 valence electrons. The number of nitrogens with one attached hydrogen (secondary N) is 2. The molecule has 2 N–H and O–H groups in total. The summed E-state index contributed by atoms with van der Waals surface area (Å²) in [5, 5.41) is 7.55. The van der Waals surface area contributed by atoms with Crippen molar-refractivity contribution in [2.75, 3.05) is 13.1 Å². The van der Waals surface area contributed by atoms with E-state index < -0.39 is 0 Å². The van der Waals surface area contributed by atoms with Crippen LogP contribution < -0.4 is 10.6 Å². The topological polar surface area (TPSA) is 24.1 Å². The summed E-state index contributed by atoms with van der Waals surface area (Å²) in [6, 6.07) is 1.67. The molecule has 0 bridgehead atoms. The molecule has 2 nitrogen and oxygen atoms in total. The van der Waals surface area contributed by atoms with Gasteiger partial charge in [-0.15, -0.1) is 0 Å². The highest BCUT2D eigenvalue weighted by Gasteiger charge is 2.38. The molecule has 0 amide bonds. The maximum atomic E-state index is 3.80. The average Bonchev–Trinajstić information content (AvgIpc) is 2.40. The largest absolute Gasteiger partial charge is 0.314 e. The molecule has 0 aromatic heterocycles. The highest BCUT2D eigenvalue weighted by Crippen LogP contribution is 2.41. The normalized spacial score (nSPS) is 45.5. The fourth-order valence-electron chi connectivity index (χ4n) is 4.78. The molecule has 2 saturated heterocycles. The van der Waals surface area contributed by atoms with Crippen LogP contribution in [0.25, 0.3) is 0 Å². The van der Waals surface area contributed by atoms with E-state index in [0.717, 1.165) is 29.8 Å². The Morgan fingerprint density at radius 2 is 1.83 bits per heavy atom. The fraction of sp³-hybridized carbons (Fsp3) is 1.00. The Bertz CT molecular complexity index is 260. The number of piperidine rings is 2. The Hall–Kier alpha value is -0.0800. The second-order valence-electron chi connectivity index (χ2n) is 7.09. The molecule has 0 aromatic rings. The minimum Gasteiger partial charge on any atom is -0.314 e. The molecule has 1 saturated carbocycles. The predicted molar refractivity (Wildman–Crippen MR) is 76.7 cm³/mol. The number of hydrogen-bond acceptors (Lipinski definition) is 2. The molecule has 0 radical (unpaired) electrons. The van der Waals surface area contributed by atoms with Gasteiger partial charge in [0.15, 0.2) is 0 Å². The molecule has 3 rings (SSSR count). The molecule has 0 unspecified atom stereocenters. The zero-order valence-electron chi connectivity index (χ0n) is 12.0. The van der Waals surface area contributed by atoms with E-state index in [-0.39, 0.29) is 0 Å². The van der Waals surface area contributed by atoms with Gasteiger partial charge in [0.2, 0.25) is 0 Å². The Kier molecular flexibility index (Phi) is 4.25. The van der Waals surface area contributed by atoms with Crippen LogP contribution in [0.2, 0.25) is 0 Å². The molecule has 2 aliphatic heterocycles. The van der Waals surface area contributed by atoms with E-state index in [1.165, 1.54) is 64.5 Å². The molecular formula is C16H30N2. The predicted octanol–water partition coefficient (Wildman–Crippen LogP) is 2.93. The number of fused-ring (bicyclic) bond motifs is 1. The first-order valence-corrected chi connectivity index (χ1v) is 8.29. The van der Waals surface area contributed by atoms with Crippen molar-refractivity contribution in [2.45, 2.75) is 70.4 Å². The standard InChI is InChI=1S/C16H30N2/c1-12-9-13(11-14-5-2-3-7-17-14)15-6-4-8-18-16(15)10-12/h12-18H,2-11H2,1H3/t12-,13+,14-,15-,16-/m1/s1. The zero-order chi connectivity index (χ0) is 12.4. The lowest BCUT2D eigenvalue weighted by Crippen LogP contribution is -2.50. The van der Waals surface area contributed by atoms with E-state index >= 15 is 0 Å². The summed E-state index contributed by atoms with van der Waals surface area (Å²) in [6.07, 6.45) is 11.5. The van der Waals surface area contributed by atoms with Crippen molar-refractivity contribution >= 4 is 0 Å². The monoisotopic (exact) mass is 250 g/mol. The molecule has 3 fully saturated rings. The Morgan fingerprint density at radius 3 is 2.67 bits per heavy atom. The Balaban J connectivity index is 1.60. The molecule has 18 heavy (non-hydrogen) atoms. The van der Waals surface area contributed by atoms with E-state index in [4.69, 9.17) is 0 Å². The highest BCUT2D eigenvalue weighted by molar-refractivity contribution is 4.93. The van der Waals surface area contributed by atoms with Crippen molar-refractivity contribution in [1.82, 2.24) is 10.6 Å². The molecule has 5 atom stereocenters. The van der Waals surface area contributed by atoms with Crippen molar-refractivity contribution in [3.8, 4) is 0 Å². The number of rotatable bonds is 2. The molecule has 0 spiro atoms. The second kappa shape index (κ2) is 5.92. The van der Waals surface area contributed by atoms with Crippen LogP contribution in [-0.2, 0) is 0 Å². The van der Waals surface area contributed by atoms with Gasteiger partial charge < -0.3 is 10.6 Å². The Labute approximate surface area is 112 Å². The van der Waals surface area contributed by atoms with Crippen LogP contribution in [0.3, 0.4) is 0 Å². The van der Waals surface area contributed by atoms with E-state index in [1.54, 1.807) is 0 Å². The van der Waals surface area contributed by atoms with Crippen molar-refractivity contribution in [1.29, 1.82) is 0 Å². The van der Waals surface area contributed by atoms with Crippen molar-refractivity contribution in [2.24, 2.45) is 17.8 Å². The van der Waals surface area contributed by atoms with Crippen LogP contribution >= 0.6 is 0 Å². The van der Waals surface area contributed by atoms with Gasteiger partial charge in [-0.25, -0.2) is 0 Å². The quantitative estimate of drug-likeness (QED) is 0.787. The average molecular weight is 250 g/mol. The van der Waals surface area contributed by atoms with Crippen LogP contribution in [0.1, 0.15) is 58.3 Å². The molecule has 1 aliphatic carbocycles. The van der Waals surface area contributed by atoms with Gasteiger partial charge in [0.1, 0.15) is 0 Å². The molecular weight excluding hydrogens is 220 g/mol. The fourth-order valence-corrected chi connectivity index (χ4v) is 4.78. The van der Waals surface area contributed by atoms with Gasteiger partial charge in [0.05, 0.1) is 0 Å². The van der Waals surface area contributed by atoms with Gasteiger partial charge in [-0.3, -0.25) is 0 Å². The minimum absolute atomic E-state index is 0.830. The number of hydrogen-bond donors (Lipinski definition) is 2. The summed E-state index contributed by atoms with van der Waals surface area (Å²) in [4.78, 5) is 0. The molecule has 2 heterocycles. The van der Waals surface area contributed by atoms with E-state index in [2.05, 4.69) is 17.6 Å². The van der Waals surface area contributed by atoms with Crippen LogP contribution in [0.15, 0.2) is 0 Å².